The van der Waals surface area contributed by atoms with Gasteiger partial charge in [0.2, 0.25) is 5.58 Å². The molecular formula is C22H26BrN3O4. The minimum absolute atomic E-state index is 0.156. The quantitative estimate of drug-likeness (QED) is 0.521. The normalized spacial score (nSPS) is 20.0. The van der Waals surface area contributed by atoms with Gasteiger partial charge < -0.3 is 19.4 Å². The molecule has 0 saturated heterocycles. The average Bonchev–Trinajstić information content (AvgIpc) is 3.04. The summed E-state index contributed by atoms with van der Waals surface area (Å²) in [6, 6.07) is 5.62. The summed E-state index contributed by atoms with van der Waals surface area (Å²) in [5.41, 5.74) is 0.814. The predicted molar refractivity (Wildman–Crippen MR) is 119 cm³/mol. The molecule has 1 saturated carbocycles. The van der Waals surface area contributed by atoms with Crippen LogP contribution >= 0.6 is 15.9 Å². The van der Waals surface area contributed by atoms with Crippen molar-refractivity contribution in [2.24, 2.45) is 5.92 Å². The van der Waals surface area contributed by atoms with E-state index in [9.17, 15) is 14.7 Å². The van der Waals surface area contributed by atoms with Crippen LogP contribution in [0.2, 0.25) is 0 Å². The van der Waals surface area contributed by atoms with Crippen LogP contribution in [0.3, 0.4) is 0 Å². The molecule has 8 heteroatoms. The van der Waals surface area contributed by atoms with E-state index in [0.29, 0.717) is 29.4 Å². The van der Waals surface area contributed by atoms with Gasteiger partial charge in [0.25, 0.3) is 5.56 Å². The number of furan rings is 1. The first-order chi connectivity index (χ1) is 14.1. The topological polar surface area (TPSA) is 99.4 Å². The zero-order valence-electron chi connectivity index (χ0n) is 17.4. The first-order valence-corrected chi connectivity index (χ1v) is 11.1. The van der Waals surface area contributed by atoms with E-state index in [0.717, 1.165) is 35.5 Å². The second kappa shape index (κ2) is 7.72. The largest absolute Gasteiger partial charge is 0.465 e. The molecule has 3 aromatic rings. The van der Waals surface area contributed by atoms with Gasteiger partial charge in [-0.15, -0.1) is 0 Å². The van der Waals surface area contributed by atoms with E-state index >= 15 is 0 Å². The van der Waals surface area contributed by atoms with Gasteiger partial charge in [-0.3, -0.25) is 4.79 Å². The fourth-order valence-corrected chi connectivity index (χ4v) is 4.71. The summed E-state index contributed by atoms with van der Waals surface area (Å²) in [7, 11) is 0. The Morgan fingerprint density at radius 1 is 1.30 bits per heavy atom. The lowest BCUT2D eigenvalue weighted by atomic mass is 9.81. The number of carbonyl (C=O) groups is 1. The van der Waals surface area contributed by atoms with Crippen LogP contribution in [0.4, 0.5) is 4.79 Å². The van der Waals surface area contributed by atoms with Crippen LogP contribution in [0.15, 0.2) is 31.9 Å². The number of aromatic nitrogens is 2. The number of H-pyrrole nitrogens is 1. The van der Waals surface area contributed by atoms with Crippen LogP contribution in [0.1, 0.15) is 58.2 Å². The minimum atomic E-state index is -0.876. The van der Waals surface area contributed by atoms with Crippen molar-refractivity contribution in [3.05, 3.63) is 38.9 Å². The van der Waals surface area contributed by atoms with Crippen molar-refractivity contribution >= 4 is 44.1 Å². The number of carboxylic acid groups (broad SMARTS) is 1. The monoisotopic (exact) mass is 475 g/mol. The highest BCUT2D eigenvalue weighted by molar-refractivity contribution is 9.10. The maximum atomic E-state index is 12.6. The highest BCUT2D eigenvalue weighted by atomic mass is 79.9. The Bertz CT molecular complexity index is 1150. The molecule has 0 bridgehead atoms. The molecule has 1 aliphatic rings. The molecule has 0 unspecified atom stereocenters. The first-order valence-electron chi connectivity index (χ1n) is 10.3. The number of fused-ring (bicyclic) bond motifs is 3. The van der Waals surface area contributed by atoms with Gasteiger partial charge in [0.15, 0.2) is 0 Å². The Hall–Kier alpha value is -2.35. The highest BCUT2D eigenvalue weighted by Gasteiger charge is 2.32. The van der Waals surface area contributed by atoms with Gasteiger partial charge in [0.05, 0.1) is 0 Å². The van der Waals surface area contributed by atoms with E-state index < -0.39 is 11.6 Å². The molecule has 1 aliphatic carbocycles. The average molecular weight is 476 g/mol. The number of rotatable bonds is 3. The van der Waals surface area contributed by atoms with Crippen LogP contribution in [0.5, 0.6) is 0 Å². The van der Waals surface area contributed by atoms with E-state index in [1.807, 2.05) is 39.0 Å². The van der Waals surface area contributed by atoms with Crippen molar-refractivity contribution in [3.63, 3.8) is 0 Å². The molecule has 1 aromatic carbocycles. The number of amides is 1. The fraction of sp³-hybridized carbons (Fsp3) is 0.500. The van der Waals surface area contributed by atoms with E-state index in [1.165, 1.54) is 4.90 Å². The van der Waals surface area contributed by atoms with Gasteiger partial charge >= 0.3 is 6.09 Å². The van der Waals surface area contributed by atoms with Gasteiger partial charge in [0.1, 0.15) is 16.9 Å². The number of halogens is 1. The Kier molecular flexibility index (Phi) is 5.38. The maximum absolute atomic E-state index is 12.6. The van der Waals surface area contributed by atoms with Gasteiger partial charge in [-0.2, -0.15) is 0 Å². The van der Waals surface area contributed by atoms with Crippen molar-refractivity contribution in [1.82, 2.24) is 14.9 Å². The molecule has 4 rings (SSSR count). The molecule has 1 fully saturated rings. The first kappa shape index (κ1) is 20.9. The molecule has 0 aliphatic heterocycles. The SMILES string of the molecule is CC(C)(C)N(CC1CCC(c2nc3c(oc4ccc(Br)cc43)c(=O)[nH]2)CC1)C(=O)O. The third-order valence-corrected chi connectivity index (χ3v) is 6.51. The molecule has 0 spiro atoms. The minimum Gasteiger partial charge on any atom is -0.465 e. The molecule has 2 aromatic heterocycles. The number of benzene rings is 1. The second-order valence-electron chi connectivity index (χ2n) is 9.15. The Morgan fingerprint density at radius 2 is 2.00 bits per heavy atom. The van der Waals surface area contributed by atoms with E-state index in [2.05, 4.69) is 20.9 Å². The van der Waals surface area contributed by atoms with E-state index in [4.69, 9.17) is 9.40 Å². The zero-order chi connectivity index (χ0) is 21.6. The molecule has 0 radical (unpaired) electrons. The molecule has 2 N–H and O–H groups in total. The summed E-state index contributed by atoms with van der Waals surface area (Å²) in [6.45, 7) is 6.30. The molecule has 2 heterocycles. The summed E-state index contributed by atoms with van der Waals surface area (Å²) < 4.78 is 6.61. The molecule has 160 valence electrons. The number of nitrogens with zero attached hydrogens (tertiary/aromatic N) is 2. The summed E-state index contributed by atoms with van der Waals surface area (Å²) in [6.07, 6.45) is 2.68. The van der Waals surface area contributed by atoms with Crippen LogP contribution in [-0.4, -0.2) is 38.2 Å². The summed E-state index contributed by atoms with van der Waals surface area (Å²) >= 11 is 3.47. The summed E-state index contributed by atoms with van der Waals surface area (Å²) in [4.78, 5) is 33.5. The van der Waals surface area contributed by atoms with Crippen LogP contribution in [0, 0.1) is 5.92 Å². The Balaban J connectivity index is 1.55. The van der Waals surface area contributed by atoms with Crippen LogP contribution < -0.4 is 5.56 Å². The van der Waals surface area contributed by atoms with Gasteiger partial charge in [0, 0.05) is 27.9 Å². The van der Waals surface area contributed by atoms with Crippen molar-refractivity contribution in [1.29, 1.82) is 0 Å². The highest BCUT2D eigenvalue weighted by Crippen LogP contribution is 2.36. The van der Waals surface area contributed by atoms with Crippen LogP contribution in [-0.2, 0) is 0 Å². The van der Waals surface area contributed by atoms with Gasteiger partial charge in [-0.25, -0.2) is 9.78 Å². The van der Waals surface area contributed by atoms with Crippen molar-refractivity contribution in [2.45, 2.75) is 57.9 Å². The van der Waals surface area contributed by atoms with Crippen molar-refractivity contribution in [2.75, 3.05) is 6.54 Å². The third-order valence-electron chi connectivity index (χ3n) is 6.02. The molecule has 0 atom stereocenters. The summed E-state index contributed by atoms with van der Waals surface area (Å²) in [5.74, 6) is 1.17. The zero-order valence-corrected chi connectivity index (χ0v) is 19.0. The number of nitrogens with one attached hydrogen (secondary N) is 1. The van der Waals surface area contributed by atoms with Gasteiger partial charge in [-0.1, -0.05) is 15.9 Å². The van der Waals surface area contributed by atoms with Crippen LogP contribution in [0.25, 0.3) is 22.1 Å². The lowest BCUT2D eigenvalue weighted by molar-refractivity contribution is 0.0818. The van der Waals surface area contributed by atoms with Crippen molar-refractivity contribution in [3.8, 4) is 0 Å². The Morgan fingerprint density at radius 3 is 2.63 bits per heavy atom. The Labute approximate surface area is 182 Å². The number of aromatic amines is 1. The number of hydrogen-bond acceptors (Lipinski definition) is 4. The lowest BCUT2D eigenvalue weighted by Gasteiger charge is -2.38. The lowest BCUT2D eigenvalue weighted by Crippen LogP contribution is -2.47. The smallest absolute Gasteiger partial charge is 0.407 e. The fourth-order valence-electron chi connectivity index (χ4n) is 4.35. The summed E-state index contributed by atoms with van der Waals surface area (Å²) in [5, 5.41) is 10.4. The number of hydrogen-bond donors (Lipinski definition) is 2. The van der Waals surface area contributed by atoms with E-state index in [1.54, 1.807) is 0 Å². The van der Waals surface area contributed by atoms with Crippen molar-refractivity contribution < 1.29 is 14.3 Å². The third kappa shape index (κ3) is 3.97. The predicted octanol–water partition coefficient (Wildman–Crippen LogP) is 5.48. The molecule has 30 heavy (non-hydrogen) atoms. The maximum Gasteiger partial charge on any atom is 0.407 e. The molecular weight excluding hydrogens is 450 g/mol. The van der Waals surface area contributed by atoms with E-state index in [-0.39, 0.29) is 17.1 Å². The molecule has 1 amide bonds. The second-order valence-corrected chi connectivity index (χ2v) is 10.1. The van der Waals surface area contributed by atoms with Gasteiger partial charge in [-0.05, 0) is 70.6 Å². The molecule has 7 nitrogen and oxygen atoms in total. The standard InChI is InChI=1S/C22H26BrN3O4/c1-22(2,3)26(21(28)29)11-12-4-6-13(7-5-12)19-24-17-15-10-14(23)8-9-16(15)30-18(17)20(27)25-19/h8-10,12-13H,4-7,11H2,1-3H3,(H,28,29)(H,24,25,27).